The molecule has 2 aliphatic rings. The minimum atomic E-state index is -1.56. The van der Waals surface area contributed by atoms with Crippen molar-refractivity contribution in [2.75, 3.05) is 32.9 Å². The van der Waals surface area contributed by atoms with Crippen LogP contribution < -0.4 is 4.74 Å². The number of rotatable bonds is 8. The van der Waals surface area contributed by atoms with Crippen molar-refractivity contribution in [1.82, 2.24) is 14.8 Å². The number of para-hydroxylation sites is 1. The predicted octanol–water partition coefficient (Wildman–Crippen LogP) is 6.59. The van der Waals surface area contributed by atoms with E-state index in [1.165, 1.54) is 26.0 Å². The summed E-state index contributed by atoms with van der Waals surface area (Å²) in [6.07, 6.45) is 1.45. The van der Waals surface area contributed by atoms with Crippen LogP contribution in [0, 0.1) is 17.6 Å². The molecule has 0 spiro atoms. The molecule has 38 heavy (non-hydrogen) atoms. The molecule has 0 aliphatic carbocycles. The van der Waals surface area contributed by atoms with Gasteiger partial charge in [-0.3, -0.25) is 14.2 Å². The van der Waals surface area contributed by atoms with Gasteiger partial charge >= 0.3 is 0 Å². The van der Waals surface area contributed by atoms with Gasteiger partial charge in [-0.25, -0.2) is 13.2 Å². The maximum Gasteiger partial charge on any atom is 0.135 e. The van der Waals surface area contributed by atoms with Crippen LogP contribution in [0.25, 0.3) is 10.9 Å². The standard InChI is InChI=1S/C30H37F4N3O/c1-18-11-23-22-7-5-6-8-26(22)35-28(23)29(37(18)17-30(3,4)34)27-24(32)12-21(13-25(27)33)38-16-19(2)36-10-9-20(14-31)15-36/h5-8,12-13,18-20,29,35H,9-11,14-17H2,1-4H3/t18-,19?,20+,29-/m1/s1. The van der Waals surface area contributed by atoms with Gasteiger partial charge in [-0.2, -0.15) is 0 Å². The number of aromatic nitrogens is 1. The molecule has 1 unspecified atom stereocenters. The van der Waals surface area contributed by atoms with Crippen LogP contribution in [0.2, 0.25) is 0 Å². The second-order valence-electron chi connectivity index (χ2n) is 11.7. The van der Waals surface area contributed by atoms with Crippen LogP contribution in [0.1, 0.15) is 57.0 Å². The molecule has 2 aliphatic heterocycles. The fraction of sp³-hybridized carbons (Fsp3) is 0.533. The summed E-state index contributed by atoms with van der Waals surface area (Å²) in [5, 5.41) is 1.02. The Morgan fingerprint density at radius 1 is 1.16 bits per heavy atom. The Hall–Kier alpha value is -2.58. The van der Waals surface area contributed by atoms with Crippen molar-refractivity contribution in [2.24, 2.45) is 5.92 Å². The third kappa shape index (κ3) is 5.30. The summed E-state index contributed by atoms with van der Waals surface area (Å²) < 4.78 is 65.3. The smallest absolute Gasteiger partial charge is 0.135 e. The van der Waals surface area contributed by atoms with Crippen LogP contribution >= 0.6 is 0 Å². The van der Waals surface area contributed by atoms with E-state index in [1.807, 2.05) is 43.0 Å². The van der Waals surface area contributed by atoms with Crippen LogP contribution in [-0.2, 0) is 6.42 Å². The van der Waals surface area contributed by atoms with E-state index in [1.54, 1.807) is 0 Å². The van der Waals surface area contributed by atoms with Gasteiger partial charge in [0.25, 0.3) is 0 Å². The average Bonchev–Trinajstić information content (AvgIpc) is 3.48. The quantitative estimate of drug-likeness (QED) is 0.333. The van der Waals surface area contributed by atoms with Crippen LogP contribution in [0.4, 0.5) is 17.6 Å². The molecule has 1 N–H and O–H groups in total. The summed E-state index contributed by atoms with van der Waals surface area (Å²) in [6, 6.07) is 9.30. The number of halogens is 4. The minimum Gasteiger partial charge on any atom is -0.492 e. The van der Waals surface area contributed by atoms with Gasteiger partial charge in [0.2, 0.25) is 0 Å². The largest absolute Gasteiger partial charge is 0.492 e. The molecule has 1 aromatic heterocycles. The molecule has 5 rings (SSSR count). The van der Waals surface area contributed by atoms with Crippen LogP contribution in [-0.4, -0.2) is 65.5 Å². The van der Waals surface area contributed by atoms with Gasteiger partial charge in [-0.15, -0.1) is 0 Å². The van der Waals surface area contributed by atoms with Crippen LogP contribution in [0.15, 0.2) is 36.4 Å². The Balaban J connectivity index is 1.47. The zero-order chi connectivity index (χ0) is 27.2. The highest BCUT2D eigenvalue weighted by Gasteiger charge is 2.41. The molecule has 3 heterocycles. The summed E-state index contributed by atoms with van der Waals surface area (Å²) in [6.45, 7) is 8.30. The average molecular weight is 532 g/mol. The second kappa shape index (κ2) is 10.5. The van der Waals surface area contributed by atoms with Crippen molar-refractivity contribution in [3.05, 3.63) is 64.9 Å². The third-order valence-electron chi connectivity index (χ3n) is 8.05. The van der Waals surface area contributed by atoms with Crippen molar-refractivity contribution in [1.29, 1.82) is 0 Å². The molecule has 0 bridgehead atoms. The number of likely N-dealkylation sites (tertiary alicyclic amines) is 1. The Kier molecular flexibility index (Phi) is 7.48. The molecular formula is C30H37F4N3O. The number of ether oxygens (including phenoxy) is 1. The summed E-state index contributed by atoms with van der Waals surface area (Å²) in [4.78, 5) is 7.39. The number of H-pyrrole nitrogens is 1. The van der Waals surface area contributed by atoms with E-state index in [9.17, 15) is 8.78 Å². The first kappa shape index (κ1) is 27.0. The number of aromatic amines is 1. The highest BCUT2D eigenvalue weighted by molar-refractivity contribution is 5.85. The van der Waals surface area contributed by atoms with Gasteiger partial charge in [0.15, 0.2) is 0 Å². The van der Waals surface area contributed by atoms with E-state index >= 15 is 8.78 Å². The molecule has 4 nitrogen and oxygen atoms in total. The molecule has 3 aromatic rings. The number of nitrogens with zero attached hydrogens (tertiary/aromatic N) is 2. The van der Waals surface area contributed by atoms with Crippen LogP contribution in [0.3, 0.4) is 0 Å². The Bertz CT molecular complexity index is 1260. The summed E-state index contributed by atoms with van der Waals surface area (Å²) in [7, 11) is 0. The Morgan fingerprint density at radius 2 is 1.87 bits per heavy atom. The fourth-order valence-corrected chi connectivity index (χ4v) is 6.12. The molecule has 0 radical (unpaired) electrons. The van der Waals surface area contributed by atoms with E-state index in [2.05, 4.69) is 9.88 Å². The lowest BCUT2D eigenvalue weighted by Gasteiger charge is -2.43. The molecular weight excluding hydrogens is 494 g/mol. The van der Waals surface area contributed by atoms with Gasteiger partial charge in [0.05, 0.1) is 12.7 Å². The summed E-state index contributed by atoms with van der Waals surface area (Å²) in [5.41, 5.74) is 0.933. The number of fused-ring (bicyclic) bond motifs is 3. The maximum absolute atomic E-state index is 15.8. The zero-order valence-corrected chi connectivity index (χ0v) is 22.5. The molecule has 0 saturated carbocycles. The second-order valence-corrected chi connectivity index (χ2v) is 11.7. The van der Waals surface area contributed by atoms with Gasteiger partial charge in [-0.1, -0.05) is 18.2 Å². The first-order valence-corrected chi connectivity index (χ1v) is 13.5. The number of nitrogens with one attached hydrogen (secondary N) is 1. The lowest BCUT2D eigenvalue weighted by atomic mass is 9.87. The predicted molar refractivity (Wildman–Crippen MR) is 142 cm³/mol. The monoisotopic (exact) mass is 531 g/mol. The molecule has 4 atom stereocenters. The minimum absolute atomic E-state index is 0.00673. The number of hydrogen-bond acceptors (Lipinski definition) is 3. The normalized spacial score (nSPS) is 23.6. The maximum atomic E-state index is 15.8. The van der Waals surface area contributed by atoms with Crippen molar-refractivity contribution in [3.8, 4) is 5.75 Å². The van der Waals surface area contributed by atoms with E-state index < -0.39 is 23.3 Å². The topological polar surface area (TPSA) is 31.5 Å². The van der Waals surface area contributed by atoms with E-state index in [0.29, 0.717) is 18.7 Å². The first-order valence-electron chi connectivity index (χ1n) is 13.5. The number of benzene rings is 2. The lowest BCUT2D eigenvalue weighted by molar-refractivity contribution is 0.0642. The van der Waals surface area contributed by atoms with Crippen molar-refractivity contribution in [3.63, 3.8) is 0 Å². The van der Waals surface area contributed by atoms with Crippen molar-refractivity contribution >= 4 is 10.9 Å². The lowest BCUT2D eigenvalue weighted by Crippen LogP contribution is -2.48. The Labute approximate surface area is 222 Å². The first-order chi connectivity index (χ1) is 18.1. The molecule has 1 fully saturated rings. The molecule has 0 amide bonds. The van der Waals surface area contributed by atoms with Crippen molar-refractivity contribution in [2.45, 2.75) is 64.3 Å². The number of hydrogen-bond donors (Lipinski definition) is 1. The molecule has 2 aromatic carbocycles. The highest BCUT2D eigenvalue weighted by atomic mass is 19.1. The van der Waals surface area contributed by atoms with Gasteiger partial charge < -0.3 is 9.72 Å². The van der Waals surface area contributed by atoms with Crippen molar-refractivity contribution < 1.29 is 22.3 Å². The van der Waals surface area contributed by atoms with Gasteiger partial charge in [-0.05, 0) is 58.7 Å². The zero-order valence-electron chi connectivity index (χ0n) is 22.5. The fourth-order valence-electron chi connectivity index (χ4n) is 6.12. The Morgan fingerprint density at radius 3 is 2.53 bits per heavy atom. The molecule has 206 valence electrons. The van der Waals surface area contributed by atoms with E-state index in [-0.39, 0.29) is 49.1 Å². The van der Waals surface area contributed by atoms with E-state index in [0.717, 1.165) is 29.4 Å². The van der Waals surface area contributed by atoms with E-state index in [4.69, 9.17) is 4.74 Å². The molecule has 1 saturated heterocycles. The third-order valence-corrected chi connectivity index (χ3v) is 8.05. The summed E-state index contributed by atoms with van der Waals surface area (Å²) in [5.74, 6) is -1.31. The van der Waals surface area contributed by atoms with Crippen LogP contribution in [0.5, 0.6) is 5.75 Å². The number of alkyl halides is 2. The molecule has 8 heteroatoms. The SMILES string of the molecule is CC(COc1cc(F)c([C@@H]2c3[nH]c4ccccc4c3C[C@@H](C)N2CC(C)(C)F)c(F)c1)N1CC[C@@H](CF)C1. The highest BCUT2D eigenvalue weighted by Crippen LogP contribution is 2.43. The van der Waals surface area contributed by atoms with Gasteiger partial charge in [0, 0.05) is 65.4 Å². The summed E-state index contributed by atoms with van der Waals surface area (Å²) >= 11 is 0. The van der Waals surface area contributed by atoms with Gasteiger partial charge in [0.1, 0.15) is 29.7 Å².